The Kier molecular flexibility index (Phi) is 3.40. The molecule has 0 spiro atoms. The highest BCUT2D eigenvalue weighted by Gasteiger charge is 2.13. The van der Waals surface area contributed by atoms with Crippen LogP contribution in [-0.4, -0.2) is 0 Å². The van der Waals surface area contributed by atoms with Crippen LogP contribution in [-0.2, 0) is 6.42 Å². The zero-order valence-electron chi connectivity index (χ0n) is 10.3. The minimum absolute atomic E-state index is 0.0511. The number of rotatable bonds is 3. The van der Waals surface area contributed by atoms with Gasteiger partial charge in [-0.05, 0) is 30.2 Å². The van der Waals surface area contributed by atoms with Crippen molar-refractivity contribution in [2.24, 2.45) is 5.73 Å². The monoisotopic (exact) mass is 315 g/mol. The molecule has 2 aromatic carbocycles. The Morgan fingerprint density at radius 3 is 2.58 bits per heavy atom. The standard InChI is InChI=1S/C16H14BrNO/c17-12-7-5-11(6-8-12)9-15(18)14-10-19-16-4-2-1-3-13(14)16/h1-8,10,15H,9,18H2. The smallest absolute Gasteiger partial charge is 0.134 e. The van der Waals surface area contributed by atoms with Gasteiger partial charge in [0.15, 0.2) is 0 Å². The molecule has 1 heterocycles. The minimum Gasteiger partial charge on any atom is -0.464 e. The first-order valence-corrected chi connectivity index (χ1v) is 6.99. The van der Waals surface area contributed by atoms with Crippen molar-refractivity contribution in [2.45, 2.75) is 12.5 Å². The van der Waals surface area contributed by atoms with E-state index < -0.39 is 0 Å². The number of fused-ring (bicyclic) bond motifs is 1. The van der Waals surface area contributed by atoms with Crippen molar-refractivity contribution < 1.29 is 4.42 Å². The molecule has 0 radical (unpaired) electrons. The molecule has 0 bridgehead atoms. The van der Waals surface area contributed by atoms with Crippen LogP contribution in [0.2, 0.25) is 0 Å². The van der Waals surface area contributed by atoms with Gasteiger partial charge in [-0.1, -0.05) is 46.3 Å². The van der Waals surface area contributed by atoms with Crippen LogP contribution in [0, 0.1) is 0 Å². The summed E-state index contributed by atoms with van der Waals surface area (Å²) in [5.41, 5.74) is 9.49. The van der Waals surface area contributed by atoms with E-state index in [-0.39, 0.29) is 6.04 Å². The summed E-state index contributed by atoms with van der Waals surface area (Å²) in [6.07, 6.45) is 2.57. The zero-order chi connectivity index (χ0) is 13.2. The van der Waals surface area contributed by atoms with Gasteiger partial charge in [-0.15, -0.1) is 0 Å². The summed E-state index contributed by atoms with van der Waals surface area (Å²) in [6.45, 7) is 0. The van der Waals surface area contributed by atoms with E-state index in [1.54, 1.807) is 6.26 Å². The van der Waals surface area contributed by atoms with Crippen LogP contribution in [0.4, 0.5) is 0 Å². The minimum atomic E-state index is -0.0511. The summed E-state index contributed by atoms with van der Waals surface area (Å²) < 4.78 is 6.62. The highest BCUT2D eigenvalue weighted by atomic mass is 79.9. The maximum atomic E-state index is 6.30. The van der Waals surface area contributed by atoms with Crippen molar-refractivity contribution in [1.82, 2.24) is 0 Å². The van der Waals surface area contributed by atoms with Gasteiger partial charge in [0.2, 0.25) is 0 Å². The van der Waals surface area contributed by atoms with Gasteiger partial charge < -0.3 is 10.2 Å². The average molecular weight is 316 g/mol. The van der Waals surface area contributed by atoms with Crippen molar-refractivity contribution in [2.75, 3.05) is 0 Å². The Morgan fingerprint density at radius 2 is 1.79 bits per heavy atom. The molecule has 3 heteroatoms. The van der Waals surface area contributed by atoms with E-state index in [9.17, 15) is 0 Å². The molecule has 3 rings (SSSR count). The number of hydrogen-bond donors (Lipinski definition) is 1. The first-order valence-electron chi connectivity index (χ1n) is 6.20. The van der Waals surface area contributed by atoms with Crippen molar-refractivity contribution in [1.29, 1.82) is 0 Å². The fraction of sp³-hybridized carbons (Fsp3) is 0.125. The van der Waals surface area contributed by atoms with Crippen LogP contribution < -0.4 is 5.73 Å². The Labute approximate surface area is 120 Å². The first-order chi connectivity index (χ1) is 9.24. The molecule has 2 nitrogen and oxygen atoms in total. The van der Waals surface area contributed by atoms with E-state index in [4.69, 9.17) is 10.2 Å². The van der Waals surface area contributed by atoms with Gasteiger partial charge in [0, 0.05) is 21.5 Å². The largest absolute Gasteiger partial charge is 0.464 e. The van der Waals surface area contributed by atoms with Crippen molar-refractivity contribution in [3.63, 3.8) is 0 Å². The lowest BCUT2D eigenvalue weighted by Gasteiger charge is -2.10. The molecule has 19 heavy (non-hydrogen) atoms. The third-order valence-electron chi connectivity index (χ3n) is 3.28. The van der Waals surface area contributed by atoms with E-state index in [0.29, 0.717) is 0 Å². The summed E-state index contributed by atoms with van der Waals surface area (Å²) in [7, 11) is 0. The van der Waals surface area contributed by atoms with Gasteiger partial charge in [-0.2, -0.15) is 0 Å². The summed E-state index contributed by atoms with van der Waals surface area (Å²) in [5.74, 6) is 0. The average Bonchev–Trinajstić information content (AvgIpc) is 2.85. The molecule has 0 aliphatic heterocycles. The van der Waals surface area contributed by atoms with E-state index in [2.05, 4.69) is 34.1 Å². The van der Waals surface area contributed by atoms with Crippen molar-refractivity contribution in [3.8, 4) is 0 Å². The molecule has 0 fully saturated rings. The predicted octanol–water partition coefficient (Wildman–Crippen LogP) is 4.44. The Balaban J connectivity index is 1.87. The molecule has 1 unspecified atom stereocenters. The lowest BCUT2D eigenvalue weighted by atomic mass is 9.99. The van der Waals surface area contributed by atoms with Crippen LogP contribution in [0.1, 0.15) is 17.2 Å². The van der Waals surface area contributed by atoms with E-state index >= 15 is 0 Å². The Morgan fingerprint density at radius 1 is 1.05 bits per heavy atom. The van der Waals surface area contributed by atoms with E-state index in [1.165, 1.54) is 5.56 Å². The maximum Gasteiger partial charge on any atom is 0.134 e. The third kappa shape index (κ3) is 2.57. The zero-order valence-corrected chi connectivity index (χ0v) is 11.9. The van der Waals surface area contributed by atoms with E-state index in [1.807, 2.05) is 30.3 Å². The lowest BCUT2D eigenvalue weighted by Crippen LogP contribution is -2.12. The molecule has 1 atom stereocenters. The summed E-state index contributed by atoms with van der Waals surface area (Å²) in [4.78, 5) is 0. The van der Waals surface area contributed by atoms with Gasteiger partial charge in [-0.3, -0.25) is 0 Å². The summed E-state index contributed by atoms with van der Waals surface area (Å²) in [5, 5.41) is 1.10. The SMILES string of the molecule is NC(Cc1ccc(Br)cc1)c1coc2ccccc12. The molecule has 3 aromatic rings. The molecule has 0 saturated carbocycles. The van der Waals surface area contributed by atoms with Crippen LogP contribution >= 0.6 is 15.9 Å². The number of hydrogen-bond acceptors (Lipinski definition) is 2. The number of para-hydroxylation sites is 1. The molecule has 0 aliphatic carbocycles. The van der Waals surface area contributed by atoms with Crippen LogP contribution in [0.25, 0.3) is 11.0 Å². The number of furan rings is 1. The number of benzene rings is 2. The second-order valence-corrected chi connectivity index (χ2v) is 5.54. The molecular formula is C16H14BrNO. The highest BCUT2D eigenvalue weighted by Crippen LogP contribution is 2.27. The van der Waals surface area contributed by atoms with E-state index in [0.717, 1.165) is 27.4 Å². The van der Waals surface area contributed by atoms with Crippen LogP contribution in [0.5, 0.6) is 0 Å². The summed E-state index contributed by atoms with van der Waals surface area (Å²) in [6, 6.07) is 16.2. The second-order valence-electron chi connectivity index (χ2n) is 4.62. The Bertz CT molecular complexity index is 687. The normalized spacial score (nSPS) is 12.7. The molecular weight excluding hydrogens is 302 g/mol. The summed E-state index contributed by atoms with van der Waals surface area (Å²) >= 11 is 3.44. The number of halogens is 1. The van der Waals surface area contributed by atoms with Crippen LogP contribution in [0.3, 0.4) is 0 Å². The van der Waals surface area contributed by atoms with Gasteiger partial charge in [0.25, 0.3) is 0 Å². The third-order valence-corrected chi connectivity index (χ3v) is 3.81. The van der Waals surface area contributed by atoms with Crippen LogP contribution in [0.15, 0.2) is 63.7 Å². The quantitative estimate of drug-likeness (QED) is 0.776. The maximum absolute atomic E-state index is 6.30. The Hall–Kier alpha value is -1.58. The molecule has 2 N–H and O–H groups in total. The second kappa shape index (κ2) is 5.19. The molecule has 0 aliphatic rings. The lowest BCUT2D eigenvalue weighted by molar-refractivity contribution is 0.599. The fourth-order valence-electron chi connectivity index (χ4n) is 2.27. The van der Waals surface area contributed by atoms with Gasteiger partial charge in [-0.25, -0.2) is 0 Å². The predicted molar refractivity (Wildman–Crippen MR) is 81.0 cm³/mol. The van der Waals surface area contributed by atoms with Gasteiger partial charge >= 0.3 is 0 Å². The first kappa shape index (κ1) is 12.5. The van der Waals surface area contributed by atoms with Crippen molar-refractivity contribution in [3.05, 3.63) is 70.4 Å². The highest BCUT2D eigenvalue weighted by molar-refractivity contribution is 9.10. The van der Waals surface area contributed by atoms with Gasteiger partial charge in [0.1, 0.15) is 5.58 Å². The van der Waals surface area contributed by atoms with Crippen molar-refractivity contribution >= 4 is 26.9 Å². The van der Waals surface area contributed by atoms with Gasteiger partial charge in [0.05, 0.1) is 6.26 Å². The molecule has 96 valence electrons. The molecule has 1 aromatic heterocycles. The molecule has 0 amide bonds. The topological polar surface area (TPSA) is 39.2 Å². The molecule has 0 saturated heterocycles. The number of nitrogens with two attached hydrogens (primary N) is 1. The fourth-order valence-corrected chi connectivity index (χ4v) is 2.53.